The molecule has 1 unspecified atom stereocenters. The second-order valence-electron chi connectivity index (χ2n) is 16.2. The molecule has 2 aliphatic heterocycles. The summed E-state index contributed by atoms with van der Waals surface area (Å²) in [7, 11) is 5.49. The van der Waals surface area contributed by atoms with Crippen molar-refractivity contribution in [3.05, 3.63) is 70.7 Å². The average Bonchev–Trinajstić information content (AvgIpc) is 4.00. The summed E-state index contributed by atoms with van der Waals surface area (Å²) in [6.45, 7) is 6.39. The Bertz CT molecular complexity index is 2370. The van der Waals surface area contributed by atoms with Gasteiger partial charge < -0.3 is 43.9 Å². The number of carbonyl (C=O) groups excluding carboxylic acids is 1. The third kappa shape index (κ3) is 8.67. The highest BCUT2D eigenvalue weighted by Gasteiger charge is 2.36. The van der Waals surface area contributed by atoms with Crippen LogP contribution in [0.2, 0.25) is 0 Å². The first-order valence-electron chi connectivity index (χ1n) is 20.6. The number of halogens is 1. The van der Waals surface area contributed by atoms with Crippen molar-refractivity contribution in [3.63, 3.8) is 0 Å². The molecule has 15 nitrogen and oxygen atoms in total. The van der Waals surface area contributed by atoms with E-state index in [2.05, 4.69) is 5.32 Å². The molecule has 4 heterocycles. The molecule has 3 aromatic carbocycles. The molecule has 0 spiro atoms. The van der Waals surface area contributed by atoms with Crippen molar-refractivity contribution in [2.24, 2.45) is 0 Å². The molecule has 2 aromatic heterocycles. The summed E-state index contributed by atoms with van der Waals surface area (Å²) in [4.78, 5) is 38.0. The molecule has 3 fully saturated rings. The maximum absolute atomic E-state index is 16.4. The number of carbonyl (C=O) groups is 2. The average molecular weight is 826 g/mol. The van der Waals surface area contributed by atoms with E-state index >= 15 is 4.39 Å². The van der Waals surface area contributed by atoms with Gasteiger partial charge in [-0.05, 0) is 101 Å². The van der Waals surface area contributed by atoms with E-state index in [-0.39, 0.29) is 61.1 Å². The molecular weight excluding hydrogens is 774 g/mol. The van der Waals surface area contributed by atoms with Gasteiger partial charge in [-0.3, -0.25) is 0 Å². The van der Waals surface area contributed by atoms with Crippen molar-refractivity contribution in [1.82, 2.24) is 34.9 Å². The number of rotatable bonds is 16. The number of nitrogens with zero attached hydrogens (tertiary/aromatic N) is 6. The molecule has 2 saturated heterocycles. The molecule has 2 atom stereocenters. The Kier molecular flexibility index (Phi) is 12.1. The van der Waals surface area contributed by atoms with Gasteiger partial charge in [0.05, 0.1) is 41.9 Å². The van der Waals surface area contributed by atoms with E-state index in [1.807, 2.05) is 32.0 Å². The molecule has 1 saturated carbocycles. The predicted octanol–water partition coefficient (Wildman–Crippen LogP) is 6.70. The van der Waals surface area contributed by atoms with Gasteiger partial charge in [0.1, 0.15) is 30.7 Å². The zero-order valence-corrected chi connectivity index (χ0v) is 34.7. The quantitative estimate of drug-likeness (QED) is 0.109. The zero-order valence-electron chi connectivity index (χ0n) is 34.7. The number of carboxylic acids is 1. The highest BCUT2D eigenvalue weighted by atomic mass is 19.1. The number of likely N-dealkylation sites (N-methyl/N-ethyl adjacent to an activating group) is 1. The van der Waals surface area contributed by atoms with Crippen molar-refractivity contribution in [2.75, 3.05) is 60.6 Å². The molecule has 0 bridgehead atoms. The summed E-state index contributed by atoms with van der Waals surface area (Å²) < 4.78 is 49.4. The van der Waals surface area contributed by atoms with E-state index in [1.54, 1.807) is 41.9 Å². The monoisotopic (exact) mass is 825 g/mol. The summed E-state index contributed by atoms with van der Waals surface area (Å²) in [6, 6.07) is 9.91. The van der Waals surface area contributed by atoms with Crippen molar-refractivity contribution < 1.29 is 42.8 Å². The van der Waals surface area contributed by atoms with Crippen LogP contribution in [0, 0.1) is 12.7 Å². The van der Waals surface area contributed by atoms with Crippen LogP contribution >= 0.6 is 0 Å². The van der Waals surface area contributed by atoms with E-state index in [0.717, 1.165) is 49.6 Å². The molecule has 2 N–H and O–H groups in total. The molecular formula is C44H52FN7O8. The first kappa shape index (κ1) is 41.2. The van der Waals surface area contributed by atoms with Crippen molar-refractivity contribution in [2.45, 2.75) is 76.9 Å². The number of likely N-dealkylation sites (tertiary alicyclic amines) is 1. The minimum Gasteiger partial charge on any atom is -0.486 e. The number of urea groups is 1. The Morgan fingerprint density at radius 1 is 1.05 bits per heavy atom. The van der Waals surface area contributed by atoms with Crippen molar-refractivity contribution in [3.8, 4) is 28.8 Å². The van der Waals surface area contributed by atoms with Gasteiger partial charge in [-0.1, -0.05) is 12.1 Å². The number of ether oxygens (including phenoxy) is 5. The van der Waals surface area contributed by atoms with Crippen LogP contribution in [-0.4, -0.2) is 119 Å². The summed E-state index contributed by atoms with van der Waals surface area (Å²) in [5.41, 5.74) is 4.55. The first-order chi connectivity index (χ1) is 29.0. The van der Waals surface area contributed by atoms with Crippen LogP contribution in [0.1, 0.15) is 78.2 Å². The number of amides is 2. The molecule has 0 radical (unpaired) electrons. The van der Waals surface area contributed by atoms with Gasteiger partial charge in [-0.2, -0.15) is 15.1 Å². The number of nitrogens with one attached hydrogen (secondary N) is 1. The number of hydrogen-bond donors (Lipinski definition) is 2. The number of aromatic carboxylic acids is 1. The van der Waals surface area contributed by atoms with Crippen molar-refractivity contribution >= 4 is 33.8 Å². The second-order valence-corrected chi connectivity index (χ2v) is 16.2. The van der Waals surface area contributed by atoms with Gasteiger partial charge in [0, 0.05) is 49.4 Å². The Hall–Kier alpha value is -5.58. The van der Waals surface area contributed by atoms with Crippen LogP contribution in [0.3, 0.4) is 0 Å². The molecule has 16 heteroatoms. The standard InChI is InChI=1S/C44H52FN7O8/c1-25(56-5)23-59-43-48-39-32(41(49-43)60-30-21-51(22-30)44(55)46-15-16-50(3)4)18-31(28-13-14-28)38(40(39)58-24-27-9-11-29(12-10-27)42(53)54)37-26(2)34(45)19-35-33(37)20-47-52(35)36-8-6-7-17-57-36/h9-12,18-20,25,28,30,36H,6-8,13-17,21-24H2,1-5H3,(H,46,55)(H,53,54)/t25-,36?/m0/s1. The fourth-order valence-electron chi connectivity index (χ4n) is 7.70. The summed E-state index contributed by atoms with van der Waals surface area (Å²) in [6.07, 6.45) is 5.37. The summed E-state index contributed by atoms with van der Waals surface area (Å²) >= 11 is 0. The highest BCUT2D eigenvalue weighted by molar-refractivity contribution is 6.05. The maximum Gasteiger partial charge on any atom is 0.335 e. The summed E-state index contributed by atoms with van der Waals surface area (Å²) in [5, 5.41) is 18.6. The van der Waals surface area contributed by atoms with E-state index in [9.17, 15) is 14.7 Å². The van der Waals surface area contributed by atoms with Crippen LogP contribution in [0.25, 0.3) is 32.9 Å². The lowest BCUT2D eigenvalue weighted by Crippen LogP contribution is -2.59. The van der Waals surface area contributed by atoms with Crippen LogP contribution in [0.4, 0.5) is 9.18 Å². The predicted molar refractivity (Wildman–Crippen MR) is 221 cm³/mol. The minimum atomic E-state index is -1.03. The molecule has 2 amide bonds. The Morgan fingerprint density at radius 2 is 1.83 bits per heavy atom. The van der Waals surface area contributed by atoms with Gasteiger partial charge in [0.2, 0.25) is 5.88 Å². The Balaban J connectivity index is 1.28. The van der Waals surface area contributed by atoms with E-state index in [0.29, 0.717) is 70.7 Å². The fourth-order valence-corrected chi connectivity index (χ4v) is 7.70. The molecule has 3 aliphatic rings. The van der Waals surface area contributed by atoms with Crippen LogP contribution in [0.15, 0.2) is 42.6 Å². The van der Waals surface area contributed by atoms with Gasteiger partial charge in [0.15, 0.2) is 12.0 Å². The molecule has 8 rings (SSSR count). The lowest BCUT2D eigenvalue weighted by molar-refractivity contribution is -0.0366. The lowest BCUT2D eigenvalue weighted by Gasteiger charge is -2.38. The van der Waals surface area contributed by atoms with E-state index < -0.39 is 11.8 Å². The van der Waals surface area contributed by atoms with Gasteiger partial charge in [-0.15, -0.1) is 0 Å². The van der Waals surface area contributed by atoms with Crippen LogP contribution in [-0.2, 0) is 16.1 Å². The molecule has 60 heavy (non-hydrogen) atoms. The number of carboxylic acid groups (broad SMARTS) is 1. The van der Waals surface area contributed by atoms with Crippen molar-refractivity contribution in [1.29, 1.82) is 0 Å². The number of benzene rings is 3. The topological polar surface area (TPSA) is 163 Å². The minimum absolute atomic E-state index is 0.0307. The van der Waals surface area contributed by atoms with Gasteiger partial charge in [-0.25, -0.2) is 18.7 Å². The smallest absolute Gasteiger partial charge is 0.335 e. The molecule has 1 aliphatic carbocycles. The molecule has 5 aromatic rings. The fraction of sp³-hybridized carbons (Fsp3) is 0.477. The largest absolute Gasteiger partial charge is 0.486 e. The third-order valence-electron chi connectivity index (χ3n) is 11.4. The SMILES string of the molecule is CO[C@@H](C)COc1nc(OC2CN(C(=O)NCCN(C)C)C2)c2cc(C3CC3)c(-c3c(C)c(F)cc4c3cnn4C3CCCCO3)c(OCc3ccc(C(=O)O)cc3)c2n1. The first-order valence-corrected chi connectivity index (χ1v) is 20.6. The van der Waals surface area contributed by atoms with E-state index in [4.69, 9.17) is 38.8 Å². The normalized spacial score (nSPS) is 17.5. The van der Waals surface area contributed by atoms with Crippen LogP contribution in [0.5, 0.6) is 17.6 Å². The maximum atomic E-state index is 16.4. The lowest BCUT2D eigenvalue weighted by atomic mass is 9.88. The Morgan fingerprint density at radius 3 is 2.52 bits per heavy atom. The van der Waals surface area contributed by atoms with Crippen LogP contribution < -0.4 is 19.5 Å². The van der Waals surface area contributed by atoms with Gasteiger partial charge in [0.25, 0.3) is 0 Å². The van der Waals surface area contributed by atoms with Gasteiger partial charge >= 0.3 is 18.0 Å². The Labute approximate surface area is 347 Å². The number of fused-ring (bicyclic) bond motifs is 2. The second kappa shape index (κ2) is 17.6. The molecule has 318 valence electrons. The van der Waals surface area contributed by atoms with E-state index in [1.165, 1.54) is 18.2 Å². The number of aromatic nitrogens is 4. The number of hydrogen-bond acceptors (Lipinski definition) is 11. The number of methoxy groups -OCH3 is 1. The third-order valence-corrected chi connectivity index (χ3v) is 11.4. The zero-order chi connectivity index (χ0) is 42.1. The highest BCUT2D eigenvalue weighted by Crippen LogP contribution is 2.53. The summed E-state index contributed by atoms with van der Waals surface area (Å²) in [5.74, 6) is -0.646.